The summed E-state index contributed by atoms with van der Waals surface area (Å²) in [6.07, 6.45) is 12.2. The lowest BCUT2D eigenvalue weighted by Gasteiger charge is -2.47. The van der Waals surface area contributed by atoms with E-state index in [1.165, 1.54) is 5.57 Å². The van der Waals surface area contributed by atoms with E-state index >= 15 is 4.79 Å². The molecule has 0 aromatic carbocycles. The van der Waals surface area contributed by atoms with E-state index in [1.807, 2.05) is 51.1 Å². The van der Waals surface area contributed by atoms with Crippen molar-refractivity contribution in [1.29, 1.82) is 0 Å². The number of hydrogen-bond acceptors (Lipinski definition) is 6. The number of ketones is 1. The van der Waals surface area contributed by atoms with Crippen LogP contribution >= 0.6 is 0 Å². The molecule has 0 unspecified atom stereocenters. The molecule has 8 heteroatoms. The van der Waals surface area contributed by atoms with Crippen LogP contribution in [0.3, 0.4) is 0 Å². The molecule has 52 heavy (non-hydrogen) atoms. The number of Topliss-reactive ketones (excluding diaryl/α,β-unsaturated/α-hetero) is 1. The fourth-order valence-corrected chi connectivity index (χ4v) is 9.36. The van der Waals surface area contributed by atoms with Crippen LogP contribution in [0, 0.1) is 17.3 Å². The van der Waals surface area contributed by atoms with E-state index in [0.717, 1.165) is 37.0 Å². The number of carbonyl (C=O) groups is 2. The average Bonchev–Trinajstić information content (AvgIpc) is 3.03. The van der Waals surface area contributed by atoms with Crippen LogP contribution in [0.25, 0.3) is 6.08 Å². The molecule has 1 aliphatic heterocycles. The van der Waals surface area contributed by atoms with Crippen LogP contribution in [0.2, 0.25) is 36.3 Å². The Balaban J connectivity index is 2.72. The van der Waals surface area contributed by atoms with Crippen LogP contribution < -0.4 is 0 Å². The van der Waals surface area contributed by atoms with Crippen LogP contribution in [0.15, 0.2) is 54.3 Å². The number of ether oxygens (including phenoxy) is 1. The highest BCUT2D eigenvalue weighted by molar-refractivity contribution is 6.74. The van der Waals surface area contributed by atoms with Gasteiger partial charge >= 0.3 is 5.97 Å². The number of esters is 1. The highest BCUT2D eigenvalue weighted by Crippen LogP contribution is 2.45. The molecule has 0 fully saturated rings. The number of nitrogens with zero attached hydrogens (tertiary/aromatic N) is 1. The lowest BCUT2D eigenvalue weighted by molar-refractivity contribution is -0.150. The largest absolute Gasteiger partial charge is 0.457 e. The maximum atomic E-state index is 15.3. The maximum Gasteiger partial charge on any atom is 0.306 e. The summed E-state index contributed by atoms with van der Waals surface area (Å²) in [5, 5.41) is -0.0807. The predicted octanol–water partition coefficient (Wildman–Crippen LogP) is 12.3. The Morgan fingerprint density at radius 2 is 1.62 bits per heavy atom. The van der Waals surface area contributed by atoms with Gasteiger partial charge in [-0.1, -0.05) is 86.1 Å². The molecule has 1 aliphatic rings. The van der Waals surface area contributed by atoms with Gasteiger partial charge in [0.2, 0.25) is 0 Å². The minimum Gasteiger partial charge on any atom is -0.457 e. The SMILES string of the molecule is C=CCC[C@H]1C(=O)C(C)(C)[C@@H](O[Si](C)(C)C(C)(C)C)CCC(=O)O[C@H](/C(C)=C/c2ccccn2)C/C=C(/C)CCC[C@@H](C)[C@@H]1O[Si](C)(C)C(C)(C)C. The summed E-state index contributed by atoms with van der Waals surface area (Å²) in [4.78, 5) is 33.6. The van der Waals surface area contributed by atoms with E-state index in [9.17, 15) is 4.79 Å². The molecule has 0 aliphatic carbocycles. The van der Waals surface area contributed by atoms with Crippen LogP contribution in [0.5, 0.6) is 0 Å². The Bertz CT molecular complexity index is 1380. The molecule has 1 aromatic rings. The monoisotopic (exact) mass is 754 g/mol. The van der Waals surface area contributed by atoms with Crippen molar-refractivity contribution in [2.75, 3.05) is 0 Å². The standard InChI is InChI=1S/C44H75NO5Si2/c1-17-18-25-36-40(50-52(15,16)43(8,9)10)33(3)23-21-22-32(2)26-27-37(34(4)31-35-24-19-20-30-45-35)48-39(46)29-28-38(44(11,12)41(36)47)49-51(13,14)42(5,6)7/h17,19-20,24,26,30-31,33,36-38,40H,1,18,21-23,25,27-29H2,2-16H3/b32-26-,34-31+/t33-,36-,37+,38+,40+/m1/s1. The molecule has 5 atom stereocenters. The highest BCUT2D eigenvalue weighted by Gasteiger charge is 2.50. The Labute approximate surface area is 320 Å². The van der Waals surface area contributed by atoms with Crippen LogP contribution in [-0.2, 0) is 23.2 Å². The maximum absolute atomic E-state index is 15.3. The van der Waals surface area contributed by atoms with Gasteiger partial charge in [-0.25, -0.2) is 0 Å². The Hall–Kier alpha value is -2.14. The third-order valence-corrected chi connectivity index (χ3v) is 21.2. The quantitative estimate of drug-likeness (QED) is 0.142. The zero-order valence-electron chi connectivity index (χ0n) is 35.8. The van der Waals surface area contributed by atoms with Gasteiger partial charge in [0.25, 0.3) is 0 Å². The molecule has 0 spiro atoms. The average molecular weight is 754 g/mol. The zero-order valence-corrected chi connectivity index (χ0v) is 37.8. The van der Waals surface area contributed by atoms with E-state index in [1.54, 1.807) is 6.20 Å². The molecule has 2 heterocycles. The Kier molecular flexibility index (Phi) is 16.8. The number of rotatable bonds is 9. The third kappa shape index (κ3) is 13.0. The molecular weight excluding hydrogens is 679 g/mol. The predicted molar refractivity (Wildman–Crippen MR) is 224 cm³/mol. The fraction of sp³-hybridized carbons (Fsp3) is 0.705. The second kappa shape index (κ2) is 18.9. The summed E-state index contributed by atoms with van der Waals surface area (Å²) in [6, 6.07) is 5.81. The van der Waals surface area contributed by atoms with E-state index in [2.05, 4.69) is 99.2 Å². The molecule has 294 valence electrons. The first-order valence-corrected chi connectivity index (χ1v) is 25.6. The fourth-order valence-electron chi connectivity index (χ4n) is 6.45. The minimum atomic E-state index is -2.35. The number of hydrogen-bond donors (Lipinski definition) is 0. The van der Waals surface area contributed by atoms with Gasteiger partial charge < -0.3 is 13.6 Å². The smallest absolute Gasteiger partial charge is 0.306 e. The van der Waals surface area contributed by atoms with Crippen molar-refractivity contribution in [3.8, 4) is 0 Å². The Morgan fingerprint density at radius 1 is 1.00 bits per heavy atom. The molecular formula is C44H75NO5Si2. The summed E-state index contributed by atoms with van der Waals surface area (Å²) in [7, 11) is -4.61. The summed E-state index contributed by atoms with van der Waals surface area (Å²) >= 11 is 0. The summed E-state index contributed by atoms with van der Waals surface area (Å²) in [5.41, 5.74) is 2.17. The van der Waals surface area contributed by atoms with E-state index in [4.69, 9.17) is 13.6 Å². The van der Waals surface area contributed by atoms with Gasteiger partial charge in [-0.3, -0.25) is 14.6 Å². The van der Waals surface area contributed by atoms with E-state index < -0.39 is 34.3 Å². The van der Waals surface area contributed by atoms with Gasteiger partial charge in [0.05, 0.1) is 17.9 Å². The molecule has 6 nitrogen and oxygen atoms in total. The van der Waals surface area contributed by atoms with Crippen LogP contribution in [0.4, 0.5) is 0 Å². The number of allylic oxidation sites excluding steroid dienone is 2. The van der Waals surface area contributed by atoms with Crippen molar-refractivity contribution in [3.05, 3.63) is 60.0 Å². The zero-order chi connectivity index (χ0) is 39.7. The molecule has 0 bridgehead atoms. The van der Waals surface area contributed by atoms with E-state index in [0.29, 0.717) is 19.3 Å². The topological polar surface area (TPSA) is 74.7 Å². The number of pyridine rings is 1. The lowest BCUT2D eigenvalue weighted by atomic mass is 9.71. The van der Waals surface area contributed by atoms with Gasteiger partial charge in [0.1, 0.15) is 11.9 Å². The van der Waals surface area contributed by atoms with Crippen molar-refractivity contribution in [2.45, 2.75) is 182 Å². The molecule has 0 radical (unpaired) electrons. The number of carbonyl (C=O) groups excluding carboxylic acids is 2. The molecule has 0 N–H and O–H groups in total. The molecule has 0 saturated heterocycles. The van der Waals surface area contributed by atoms with Crippen molar-refractivity contribution < 1.29 is 23.2 Å². The Morgan fingerprint density at radius 3 is 2.17 bits per heavy atom. The molecule has 0 saturated carbocycles. The van der Waals surface area contributed by atoms with Crippen molar-refractivity contribution in [3.63, 3.8) is 0 Å². The van der Waals surface area contributed by atoms with Gasteiger partial charge in [0, 0.05) is 30.4 Å². The second-order valence-electron chi connectivity index (χ2n) is 19.1. The van der Waals surface area contributed by atoms with Crippen LogP contribution in [-0.4, -0.2) is 51.7 Å². The van der Waals surface area contributed by atoms with Crippen LogP contribution in [0.1, 0.15) is 133 Å². The highest BCUT2D eigenvalue weighted by atomic mass is 28.4. The normalized spacial score (nSPS) is 26.6. The summed E-state index contributed by atoms with van der Waals surface area (Å²) in [6.45, 7) is 37.1. The molecule has 0 amide bonds. The first kappa shape index (κ1) is 46.0. The first-order valence-electron chi connectivity index (χ1n) is 19.8. The molecule has 1 aromatic heterocycles. The molecule has 2 rings (SSSR count). The van der Waals surface area contributed by atoms with Gasteiger partial charge in [-0.2, -0.15) is 0 Å². The van der Waals surface area contributed by atoms with Crippen molar-refractivity contribution >= 4 is 34.5 Å². The van der Waals surface area contributed by atoms with Gasteiger partial charge in [-0.15, -0.1) is 6.58 Å². The van der Waals surface area contributed by atoms with E-state index in [-0.39, 0.29) is 46.2 Å². The number of cyclic esters (lactones) is 1. The second-order valence-corrected chi connectivity index (χ2v) is 28.6. The first-order chi connectivity index (χ1) is 23.8. The summed E-state index contributed by atoms with van der Waals surface area (Å²) < 4.78 is 20.8. The van der Waals surface area contributed by atoms with Crippen molar-refractivity contribution in [1.82, 2.24) is 4.98 Å². The minimum absolute atomic E-state index is 0.00483. The van der Waals surface area contributed by atoms with Gasteiger partial charge in [-0.05, 0) is 118 Å². The summed E-state index contributed by atoms with van der Waals surface area (Å²) in [5.74, 6) is -0.273. The lowest BCUT2D eigenvalue weighted by Crippen LogP contribution is -2.54. The van der Waals surface area contributed by atoms with Crippen molar-refractivity contribution in [2.24, 2.45) is 17.3 Å². The van der Waals surface area contributed by atoms with Gasteiger partial charge in [0.15, 0.2) is 16.6 Å². The number of aromatic nitrogens is 1. The third-order valence-electron chi connectivity index (χ3n) is 12.3.